The lowest BCUT2D eigenvalue weighted by Crippen LogP contribution is -2.40. The van der Waals surface area contributed by atoms with E-state index in [1.54, 1.807) is 0 Å². The minimum Gasteiger partial charge on any atom is -0.490 e. The summed E-state index contributed by atoms with van der Waals surface area (Å²) in [7, 11) is 0. The van der Waals surface area contributed by atoms with Crippen LogP contribution in [-0.2, 0) is 0 Å². The molecule has 0 aromatic heterocycles. The lowest BCUT2D eigenvalue weighted by atomic mass is 10.00. The summed E-state index contributed by atoms with van der Waals surface area (Å²) < 4.78 is 11.8. The number of nitrogens with one attached hydrogen (secondary N) is 1. The van der Waals surface area contributed by atoms with Crippen LogP contribution in [-0.4, -0.2) is 25.8 Å². The molecule has 0 fully saturated rings. The van der Waals surface area contributed by atoms with E-state index in [2.05, 4.69) is 33.0 Å². The highest BCUT2D eigenvalue weighted by Crippen LogP contribution is 2.27. The van der Waals surface area contributed by atoms with Crippen LogP contribution in [0.3, 0.4) is 0 Å². The predicted molar refractivity (Wildman–Crippen MR) is 89.3 cm³/mol. The van der Waals surface area contributed by atoms with Gasteiger partial charge in [0.15, 0.2) is 11.5 Å². The Labute approximate surface area is 130 Å². The van der Waals surface area contributed by atoms with Crippen molar-refractivity contribution in [2.75, 3.05) is 19.8 Å². The summed E-state index contributed by atoms with van der Waals surface area (Å²) in [4.78, 5) is 0. The van der Waals surface area contributed by atoms with Crippen molar-refractivity contribution in [2.45, 2.75) is 53.0 Å². The third-order valence-corrected chi connectivity index (χ3v) is 3.72. The summed E-state index contributed by atoms with van der Waals surface area (Å²) >= 11 is 0. The van der Waals surface area contributed by atoms with Gasteiger partial charge in [-0.3, -0.25) is 0 Å². The summed E-state index contributed by atoms with van der Waals surface area (Å²) in [6, 6.07) is 8.32. The number of hydrogen-bond acceptors (Lipinski definition) is 3. The Kier molecular flexibility index (Phi) is 8.91. The monoisotopic (exact) mass is 293 g/mol. The van der Waals surface area contributed by atoms with Crippen molar-refractivity contribution in [1.29, 1.82) is 0 Å². The standard InChI is InChI=1S/C18H31NO2/c1-5-12-19-16(15(4)7-3)14-21-18-11-9-8-10-17(18)20-13-6-2/h8-11,15-16,19H,5-7,12-14H2,1-4H3. The number of para-hydroxylation sites is 2. The van der Waals surface area contributed by atoms with E-state index in [0.717, 1.165) is 43.9 Å². The molecule has 0 aliphatic heterocycles. The summed E-state index contributed by atoms with van der Waals surface area (Å²) in [5, 5.41) is 3.59. The van der Waals surface area contributed by atoms with E-state index in [9.17, 15) is 0 Å². The highest BCUT2D eigenvalue weighted by molar-refractivity contribution is 5.39. The molecule has 2 unspecified atom stereocenters. The zero-order valence-electron chi connectivity index (χ0n) is 14.0. The minimum absolute atomic E-state index is 0.384. The topological polar surface area (TPSA) is 30.5 Å². The molecule has 1 aromatic carbocycles. The van der Waals surface area contributed by atoms with Crippen LogP contribution in [0.1, 0.15) is 47.0 Å². The van der Waals surface area contributed by atoms with Crippen molar-refractivity contribution in [3.05, 3.63) is 24.3 Å². The van der Waals surface area contributed by atoms with Crippen LogP contribution >= 0.6 is 0 Å². The molecular weight excluding hydrogens is 262 g/mol. The normalized spacial score (nSPS) is 13.7. The lowest BCUT2D eigenvalue weighted by Gasteiger charge is -2.25. The van der Waals surface area contributed by atoms with Gasteiger partial charge in [-0.2, -0.15) is 0 Å². The van der Waals surface area contributed by atoms with Crippen molar-refractivity contribution < 1.29 is 9.47 Å². The highest BCUT2D eigenvalue weighted by atomic mass is 16.5. The fourth-order valence-corrected chi connectivity index (χ4v) is 2.12. The number of benzene rings is 1. The molecule has 0 bridgehead atoms. The Bertz CT molecular complexity index is 381. The van der Waals surface area contributed by atoms with Crippen molar-refractivity contribution in [3.8, 4) is 11.5 Å². The largest absolute Gasteiger partial charge is 0.490 e. The van der Waals surface area contributed by atoms with Gasteiger partial charge in [-0.1, -0.05) is 46.2 Å². The summed E-state index contributed by atoms with van der Waals surface area (Å²) in [6.45, 7) is 11.2. The van der Waals surface area contributed by atoms with E-state index < -0.39 is 0 Å². The zero-order valence-corrected chi connectivity index (χ0v) is 14.0. The molecule has 3 heteroatoms. The van der Waals surface area contributed by atoms with Gasteiger partial charge in [0, 0.05) is 6.04 Å². The van der Waals surface area contributed by atoms with Crippen LogP contribution in [0.4, 0.5) is 0 Å². The molecule has 0 aliphatic carbocycles. The first-order chi connectivity index (χ1) is 10.2. The van der Waals surface area contributed by atoms with E-state index >= 15 is 0 Å². The molecule has 120 valence electrons. The molecule has 0 amide bonds. The Hall–Kier alpha value is -1.22. The third kappa shape index (κ3) is 6.38. The number of ether oxygens (including phenoxy) is 2. The summed E-state index contributed by atoms with van der Waals surface area (Å²) in [5.74, 6) is 2.29. The Morgan fingerprint density at radius 1 is 1.00 bits per heavy atom. The second-order valence-electron chi connectivity index (χ2n) is 5.55. The second-order valence-corrected chi connectivity index (χ2v) is 5.55. The molecule has 0 saturated carbocycles. The molecule has 0 saturated heterocycles. The molecule has 1 N–H and O–H groups in total. The molecule has 2 atom stereocenters. The lowest BCUT2D eigenvalue weighted by molar-refractivity contribution is 0.208. The van der Waals surface area contributed by atoms with Gasteiger partial charge in [0.05, 0.1) is 6.61 Å². The molecular formula is C18H31NO2. The summed E-state index contributed by atoms with van der Waals surface area (Å²) in [5.41, 5.74) is 0. The quantitative estimate of drug-likeness (QED) is 0.661. The van der Waals surface area contributed by atoms with Gasteiger partial charge in [-0.25, -0.2) is 0 Å². The molecule has 0 radical (unpaired) electrons. The van der Waals surface area contributed by atoms with E-state index in [-0.39, 0.29) is 0 Å². The van der Waals surface area contributed by atoms with Gasteiger partial charge in [0.2, 0.25) is 0 Å². The van der Waals surface area contributed by atoms with E-state index in [0.29, 0.717) is 18.6 Å². The Morgan fingerprint density at radius 3 is 2.24 bits per heavy atom. The molecule has 3 nitrogen and oxygen atoms in total. The first kappa shape index (κ1) is 17.8. The van der Waals surface area contributed by atoms with Gasteiger partial charge in [-0.15, -0.1) is 0 Å². The zero-order chi connectivity index (χ0) is 15.5. The van der Waals surface area contributed by atoms with Crippen molar-refractivity contribution in [3.63, 3.8) is 0 Å². The second kappa shape index (κ2) is 10.5. The highest BCUT2D eigenvalue weighted by Gasteiger charge is 2.16. The smallest absolute Gasteiger partial charge is 0.161 e. The number of hydrogen-bond donors (Lipinski definition) is 1. The number of rotatable bonds is 11. The third-order valence-electron chi connectivity index (χ3n) is 3.72. The first-order valence-corrected chi connectivity index (χ1v) is 8.30. The molecule has 0 aliphatic rings. The van der Waals surface area contributed by atoms with Crippen LogP contribution in [0.5, 0.6) is 11.5 Å². The van der Waals surface area contributed by atoms with E-state index in [1.807, 2.05) is 24.3 Å². The molecule has 0 heterocycles. The van der Waals surface area contributed by atoms with Gasteiger partial charge in [0.1, 0.15) is 6.61 Å². The average molecular weight is 293 g/mol. The van der Waals surface area contributed by atoms with Crippen molar-refractivity contribution >= 4 is 0 Å². The van der Waals surface area contributed by atoms with Gasteiger partial charge in [0.25, 0.3) is 0 Å². The summed E-state index contributed by atoms with van der Waals surface area (Å²) in [6.07, 6.45) is 3.30. The van der Waals surface area contributed by atoms with Crippen LogP contribution in [0, 0.1) is 5.92 Å². The van der Waals surface area contributed by atoms with Crippen LogP contribution in [0.2, 0.25) is 0 Å². The first-order valence-electron chi connectivity index (χ1n) is 8.30. The SMILES string of the molecule is CCCNC(COc1ccccc1OCCC)C(C)CC. The fraction of sp³-hybridized carbons (Fsp3) is 0.667. The van der Waals surface area contributed by atoms with Crippen LogP contribution in [0.15, 0.2) is 24.3 Å². The Balaban J connectivity index is 2.61. The maximum absolute atomic E-state index is 6.03. The maximum atomic E-state index is 6.03. The van der Waals surface area contributed by atoms with E-state index in [4.69, 9.17) is 9.47 Å². The predicted octanol–water partition coefficient (Wildman–Crippen LogP) is 4.27. The molecule has 0 spiro atoms. The Morgan fingerprint density at radius 2 is 1.67 bits per heavy atom. The maximum Gasteiger partial charge on any atom is 0.161 e. The van der Waals surface area contributed by atoms with Crippen LogP contribution in [0.25, 0.3) is 0 Å². The van der Waals surface area contributed by atoms with Gasteiger partial charge in [-0.05, 0) is 37.4 Å². The van der Waals surface area contributed by atoms with Gasteiger partial charge >= 0.3 is 0 Å². The molecule has 1 rings (SSSR count). The molecule has 21 heavy (non-hydrogen) atoms. The van der Waals surface area contributed by atoms with E-state index in [1.165, 1.54) is 0 Å². The average Bonchev–Trinajstić information content (AvgIpc) is 2.53. The van der Waals surface area contributed by atoms with Crippen LogP contribution < -0.4 is 14.8 Å². The minimum atomic E-state index is 0.384. The fourth-order valence-electron chi connectivity index (χ4n) is 2.12. The molecule has 1 aromatic rings. The van der Waals surface area contributed by atoms with Crippen molar-refractivity contribution in [2.24, 2.45) is 5.92 Å². The van der Waals surface area contributed by atoms with Gasteiger partial charge < -0.3 is 14.8 Å². The van der Waals surface area contributed by atoms with Crippen molar-refractivity contribution in [1.82, 2.24) is 5.32 Å².